The summed E-state index contributed by atoms with van der Waals surface area (Å²) in [6, 6.07) is 6.48. The molecular weight excluding hydrogens is 372 g/mol. The number of benzene rings is 1. The number of ether oxygens (including phenoxy) is 2. The molecule has 0 radical (unpaired) electrons. The van der Waals surface area contributed by atoms with E-state index in [4.69, 9.17) is 9.47 Å². The maximum atomic E-state index is 12.9. The average molecular weight is 392 g/mol. The van der Waals surface area contributed by atoms with Crippen LogP contribution in [-0.2, 0) is 4.74 Å². The van der Waals surface area contributed by atoms with E-state index in [0.29, 0.717) is 5.75 Å². The fraction of sp³-hybridized carbons (Fsp3) is 0.421. The Morgan fingerprint density at radius 3 is 2.43 bits per heavy atom. The van der Waals surface area contributed by atoms with Crippen LogP contribution in [0.4, 0.5) is 0 Å². The highest BCUT2D eigenvalue weighted by Crippen LogP contribution is 2.41. The molecule has 1 aliphatic carbocycles. The van der Waals surface area contributed by atoms with Crippen molar-refractivity contribution in [3.05, 3.63) is 53.0 Å². The summed E-state index contributed by atoms with van der Waals surface area (Å²) in [5, 5.41) is 60.8. The maximum Gasteiger partial charge on any atom is 0.181 e. The first-order valence-electron chi connectivity index (χ1n) is 8.79. The van der Waals surface area contributed by atoms with Crippen LogP contribution in [0.3, 0.4) is 0 Å². The molecule has 1 saturated heterocycles. The predicted octanol–water partition coefficient (Wildman–Crippen LogP) is -0.644. The molecule has 9 nitrogen and oxygen atoms in total. The number of carbonyl (C=O) groups excluding carboxylic acids is 1. The van der Waals surface area contributed by atoms with Crippen LogP contribution in [0.15, 0.2) is 47.4 Å². The molecule has 1 aromatic rings. The van der Waals surface area contributed by atoms with E-state index in [1.165, 1.54) is 6.08 Å². The predicted molar refractivity (Wildman–Crippen MR) is 92.8 cm³/mol. The van der Waals surface area contributed by atoms with E-state index < -0.39 is 66.5 Å². The number of carbonyl (C=O) groups is 1. The largest absolute Gasteiger partial charge is 0.511 e. The van der Waals surface area contributed by atoms with Crippen molar-refractivity contribution in [2.75, 3.05) is 6.61 Å². The number of para-hydroxylation sites is 1. The Morgan fingerprint density at radius 1 is 1.00 bits per heavy atom. The third kappa shape index (κ3) is 2.71. The molecule has 9 heteroatoms. The number of hydrogen-bond donors (Lipinski definition) is 6. The summed E-state index contributed by atoms with van der Waals surface area (Å²) in [6.07, 6.45) is -7.45. The highest BCUT2D eigenvalue weighted by molar-refractivity contribution is 6.03. The highest BCUT2D eigenvalue weighted by Gasteiger charge is 2.50. The first-order valence-corrected chi connectivity index (χ1v) is 8.79. The van der Waals surface area contributed by atoms with Crippen molar-refractivity contribution >= 4 is 5.78 Å². The number of aliphatic hydroxyl groups is 6. The fourth-order valence-electron chi connectivity index (χ4n) is 3.89. The summed E-state index contributed by atoms with van der Waals surface area (Å²) in [5.41, 5.74) is -0.0345. The van der Waals surface area contributed by atoms with Gasteiger partial charge in [-0.2, -0.15) is 0 Å². The van der Waals surface area contributed by atoms with Crippen LogP contribution < -0.4 is 4.74 Å². The van der Waals surface area contributed by atoms with E-state index in [0.717, 1.165) is 0 Å². The number of hydrogen-bond acceptors (Lipinski definition) is 9. The second kappa shape index (κ2) is 6.87. The molecule has 2 heterocycles. The third-order valence-electron chi connectivity index (χ3n) is 5.37. The van der Waals surface area contributed by atoms with Crippen molar-refractivity contribution in [1.82, 2.24) is 0 Å². The van der Waals surface area contributed by atoms with Crippen molar-refractivity contribution < 1.29 is 44.9 Å². The normalized spacial score (nSPS) is 37.6. The Balaban J connectivity index is 1.75. The Bertz CT molecular complexity index is 859. The molecule has 1 aromatic carbocycles. The van der Waals surface area contributed by atoms with Crippen LogP contribution in [0, 0.1) is 5.92 Å². The Kier molecular flexibility index (Phi) is 4.64. The monoisotopic (exact) mass is 392 g/mol. The fourth-order valence-corrected chi connectivity index (χ4v) is 3.89. The topological polar surface area (TPSA) is 157 Å². The van der Waals surface area contributed by atoms with Gasteiger partial charge in [0.05, 0.1) is 17.7 Å². The molecule has 1 fully saturated rings. The maximum absolute atomic E-state index is 12.9. The molecule has 28 heavy (non-hydrogen) atoms. The molecule has 0 saturated carbocycles. The lowest BCUT2D eigenvalue weighted by molar-refractivity contribution is -0.220. The third-order valence-corrected chi connectivity index (χ3v) is 5.37. The zero-order chi connectivity index (χ0) is 20.2. The quantitative estimate of drug-likeness (QED) is 0.385. The van der Waals surface area contributed by atoms with Crippen LogP contribution in [0.5, 0.6) is 5.75 Å². The van der Waals surface area contributed by atoms with Gasteiger partial charge in [0, 0.05) is 0 Å². The van der Waals surface area contributed by atoms with Crippen molar-refractivity contribution in [1.29, 1.82) is 0 Å². The molecule has 4 unspecified atom stereocenters. The minimum absolute atomic E-state index is 0.262. The molecule has 7 atom stereocenters. The van der Waals surface area contributed by atoms with Gasteiger partial charge in [0.25, 0.3) is 0 Å². The van der Waals surface area contributed by atoms with Gasteiger partial charge in [-0.15, -0.1) is 0 Å². The summed E-state index contributed by atoms with van der Waals surface area (Å²) >= 11 is 0. The number of aliphatic hydroxyl groups excluding tert-OH is 6. The summed E-state index contributed by atoms with van der Waals surface area (Å²) in [4.78, 5) is 12.9. The number of ketones is 1. The van der Waals surface area contributed by atoms with E-state index in [2.05, 4.69) is 0 Å². The summed E-state index contributed by atoms with van der Waals surface area (Å²) in [6.45, 7) is -0.665. The van der Waals surface area contributed by atoms with Gasteiger partial charge in [0.1, 0.15) is 59.8 Å². The second-order valence-corrected chi connectivity index (χ2v) is 7.02. The van der Waals surface area contributed by atoms with Gasteiger partial charge in [-0.3, -0.25) is 4.79 Å². The van der Waals surface area contributed by atoms with Crippen LogP contribution in [0.1, 0.15) is 10.4 Å². The first kappa shape index (κ1) is 18.9. The van der Waals surface area contributed by atoms with Crippen molar-refractivity contribution in [3.63, 3.8) is 0 Å². The standard InChI is InChI=1S/C19H20O9/c20-6-11-15(23)17(25)18(26)19(28-11)12-8(21)5-10-13(16(12)24)14(22)7-3-1-2-4-9(7)27-10/h1-5,10-11,13,15,17-21,23-26H,6H2/t10?,11?,13?,15-,17-,18?,19+/m1/s1. The van der Waals surface area contributed by atoms with Gasteiger partial charge in [-0.1, -0.05) is 12.1 Å². The smallest absolute Gasteiger partial charge is 0.181 e. The summed E-state index contributed by atoms with van der Waals surface area (Å²) in [5.74, 6) is -2.34. The lowest BCUT2D eigenvalue weighted by atomic mass is 9.79. The van der Waals surface area contributed by atoms with E-state index in [-0.39, 0.29) is 11.1 Å². The van der Waals surface area contributed by atoms with E-state index in [1.807, 2.05) is 0 Å². The molecule has 0 bridgehead atoms. The molecule has 0 amide bonds. The number of fused-ring (bicyclic) bond motifs is 2. The van der Waals surface area contributed by atoms with E-state index in [9.17, 15) is 35.4 Å². The number of Topliss-reactive ketones (excluding diaryl/α,β-unsaturated/α-hetero) is 1. The molecule has 4 rings (SSSR count). The average Bonchev–Trinajstić information content (AvgIpc) is 2.67. The Morgan fingerprint density at radius 2 is 1.71 bits per heavy atom. The van der Waals surface area contributed by atoms with Crippen LogP contribution in [-0.4, -0.2) is 79.7 Å². The zero-order valence-corrected chi connectivity index (χ0v) is 14.5. The van der Waals surface area contributed by atoms with Crippen molar-refractivity contribution in [2.24, 2.45) is 5.92 Å². The minimum atomic E-state index is -1.71. The number of rotatable bonds is 2. The lowest BCUT2D eigenvalue weighted by Gasteiger charge is -2.42. The lowest BCUT2D eigenvalue weighted by Crippen LogP contribution is -2.59. The van der Waals surface area contributed by atoms with E-state index >= 15 is 0 Å². The molecule has 2 aliphatic heterocycles. The molecular formula is C19H20O9. The van der Waals surface area contributed by atoms with Gasteiger partial charge in [0.2, 0.25) is 0 Å². The van der Waals surface area contributed by atoms with Gasteiger partial charge in [-0.05, 0) is 18.2 Å². The van der Waals surface area contributed by atoms with Crippen LogP contribution in [0.2, 0.25) is 0 Å². The van der Waals surface area contributed by atoms with Crippen LogP contribution >= 0.6 is 0 Å². The first-order chi connectivity index (χ1) is 13.3. The molecule has 3 aliphatic rings. The molecule has 150 valence electrons. The van der Waals surface area contributed by atoms with Gasteiger partial charge in [-0.25, -0.2) is 0 Å². The summed E-state index contributed by atoms with van der Waals surface area (Å²) < 4.78 is 11.1. The van der Waals surface area contributed by atoms with Gasteiger partial charge < -0.3 is 40.1 Å². The van der Waals surface area contributed by atoms with Crippen molar-refractivity contribution in [3.8, 4) is 5.75 Å². The van der Waals surface area contributed by atoms with Gasteiger partial charge >= 0.3 is 0 Å². The van der Waals surface area contributed by atoms with E-state index in [1.54, 1.807) is 24.3 Å². The summed E-state index contributed by atoms with van der Waals surface area (Å²) in [7, 11) is 0. The van der Waals surface area contributed by atoms with Crippen molar-refractivity contribution in [2.45, 2.75) is 36.6 Å². The second-order valence-electron chi connectivity index (χ2n) is 7.02. The molecule has 6 N–H and O–H groups in total. The van der Waals surface area contributed by atoms with Gasteiger partial charge in [0.15, 0.2) is 5.78 Å². The minimum Gasteiger partial charge on any atom is -0.511 e. The molecule has 0 aromatic heterocycles. The van der Waals surface area contributed by atoms with Crippen LogP contribution in [0.25, 0.3) is 0 Å². The molecule has 0 spiro atoms. The Hall–Kier alpha value is -2.43. The highest BCUT2D eigenvalue weighted by atomic mass is 16.5. The Labute approximate surface area is 159 Å². The SMILES string of the molecule is O=C1c2ccccc2OC2C=C(O)C([C@@H]3OC(CO)[C@@H](O)[C@@H](O)C3O)=C(O)C12. The zero-order valence-electron chi connectivity index (χ0n) is 14.5.